The number of nitrogens with one attached hydrogen (secondary N) is 1. The van der Waals surface area contributed by atoms with E-state index in [1.54, 1.807) is 6.08 Å². The molecule has 97 heavy (non-hydrogen) atoms. The van der Waals surface area contributed by atoms with E-state index in [0.717, 1.165) is 44.9 Å². The molecule has 0 fully saturated rings. The van der Waals surface area contributed by atoms with Gasteiger partial charge in [0.05, 0.1) is 25.4 Å². The molecule has 0 aliphatic carbocycles. The van der Waals surface area contributed by atoms with Gasteiger partial charge in [0.25, 0.3) is 0 Å². The van der Waals surface area contributed by atoms with Gasteiger partial charge in [-0.3, -0.25) is 9.59 Å². The summed E-state index contributed by atoms with van der Waals surface area (Å²) in [7, 11) is 0. The van der Waals surface area contributed by atoms with Gasteiger partial charge in [-0.25, -0.2) is 0 Å². The molecular weight excluding hydrogens is 1190 g/mol. The average Bonchev–Trinajstić information content (AvgIpc) is 2.51. The molecule has 0 aliphatic rings. The summed E-state index contributed by atoms with van der Waals surface area (Å²) in [6.07, 6.45) is 115. The molecule has 3 N–H and O–H groups in total. The molecule has 0 rings (SSSR count). The van der Waals surface area contributed by atoms with Crippen LogP contribution in [0.5, 0.6) is 0 Å². The van der Waals surface area contributed by atoms with Gasteiger partial charge < -0.3 is 20.3 Å². The van der Waals surface area contributed by atoms with Crippen molar-refractivity contribution in [3.63, 3.8) is 0 Å². The summed E-state index contributed by atoms with van der Waals surface area (Å²) in [6.45, 7) is 4.94. The number of unbranched alkanes of at least 4 members (excludes halogenated alkanes) is 70. The Morgan fingerprint density at radius 1 is 0.289 bits per heavy atom. The summed E-state index contributed by atoms with van der Waals surface area (Å²) >= 11 is 0. The van der Waals surface area contributed by atoms with Gasteiger partial charge in [0.15, 0.2) is 0 Å². The standard InChI is InChI=1S/C91H175NO5/c1-3-5-7-9-11-13-15-17-19-21-23-24-44-48-51-55-59-63-67-71-75-79-83-89(94)88(87-93)92-90(95)84-80-76-72-68-64-60-56-52-49-45-42-40-38-36-34-32-30-28-26-25-27-29-31-33-35-37-39-41-43-46-50-54-58-62-66-70-74-78-82-86-97-91(96)85-81-77-73-69-65-61-57-53-47-22-20-18-16-14-12-10-8-6-4-2/h12,14,18,20,79,83,88-89,93-94H,3-11,13,15-17,19,21-78,80-82,84-87H2,1-2H3,(H,92,95)/b14-12-,20-18-,83-79+. The number of carbonyl (C=O) groups excluding carboxylic acids is 2. The fourth-order valence-electron chi connectivity index (χ4n) is 14.4. The lowest BCUT2D eigenvalue weighted by atomic mass is 10.0. The van der Waals surface area contributed by atoms with Gasteiger partial charge in [0.1, 0.15) is 0 Å². The SMILES string of the molecule is CCCCC/C=C\C/C=C\CCCCCCCCCCCC(=O)OCCCCCCCCCCCCCCCCCCCCCCCCCCCCCCCCCCCCCCCCCC(=O)NC(CO)C(O)/C=C/CCCCCCCCCCCCCCCCCCCCCC. The first kappa shape index (κ1) is 95.1. The molecule has 6 nitrogen and oxygen atoms in total. The predicted octanol–water partition coefficient (Wildman–Crippen LogP) is 30.1. The minimum atomic E-state index is -0.842. The van der Waals surface area contributed by atoms with Crippen molar-refractivity contribution in [1.82, 2.24) is 5.32 Å². The second-order valence-electron chi connectivity index (χ2n) is 30.9. The van der Waals surface area contributed by atoms with Crippen molar-refractivity contribution in [1.29, 1.82) is 0 Å². The lowest BCUT2D eigenvalue weighted by molar-refractivity contribution is -0.143. The Labute approximate surface area is 608 Å². The molecule has 6 heteroatoms. The van der Waals surface area contributed by atoms with Crippen LogP contribution in [0, 0.1) is 0 Å². The number of amides is 1. The number of aliphatic hydroxyl groups is 2. The minimum Gasteiger partial charge on any atom is -0.466 e. The largest absolute Gasteiger partial charge is 0.466 e. The minimum absolute atomic E-state index is 0.0211. The summed E-state index contributed by atoms with van der Waals surface area (Å²) in [6, 6.07) is -0.624. The number of esters is 1. The Bertz CT molecular complexity index is 1570. The van der Waals surface area contributed by atoms with Crippen molar-refractivity contribution in [3.05, 3.63) is 36.5 Å². The van der Waals surface area contributed by atoms with Crippen LogP contribution in [0.15, 0.2) is 36.5 Å². The highest BCUT2D eigenvalue weighted by Gasteiger charge is 2.18. The zero-order valence-electron chi connectivity index (χ0n) is 66.1. The average molecular weight is 1360 g/mol. The maximum absolute atomic E-state index is 12.6. The van der Waals surface area contributed by atoms with Crippen molar-refractivity contribution in [2.45, 2.75) is 520 Å². The first-order valence-corrected chi connectivity index (χ1v) is 44.8. The number of hydrogen-bond donors (Lipinski definition) is 3. The predicted molar refractivity (Wildman–Crippen MR) is 430 cm³/mol. The van der Waals surface area contributed by atoms with Gasteiger partial charge in [0, 0.05) is 12.8 Å². The number of hydrogen-bond acceptors (Lipinski definition) is 5. The third kappa shape index (κ3) is 82.9. The Balaban J connectivity index is 3.31. The smallest absolute Gasteiger partial charge is 0.305 e. The molecule has 0 aromatic rings. The Morgan fingerprint density at radius 2 is 0.515 bits per heavy atom. The van der Waals surface area contributed by atoms with Gasteiger partial charge in [0.2, 0.25) is 5.91 Å². The van der Waals surface area contributed by atoms with Gasteiger partial charge in [-0.1, -0.05) is 468 Å². The molecule has 0 radical (unpaired) electrons. The van der Waals surface area contributed by atoms with E-state index >= 15 is 0 Å². The molecule has 2 atom stereocenters. The highest BCUT2D eigenvalue weighted by Crippen LogP contribution is 2.21. The molecule has 0 saturated carbocycles. The number of aliphatic hydroxyl groups excluding tert-OH is 2. The van der Waals surface area contributed by atoms with E-state index < -0.39 is 12.1 Å². The van der Waals surface area contributed by atoms with Crippen molar-refractivity contribution in [3.8, 4) is 0 Å². The van der Waals surface area contributed by atoms with E-state index in [1.165, 1.54) is 437 Å². The quantitative estimate of drug-likeness (QED) is 0.0320. The topological polar surface area (TPSA) is 95.9 Å². The molecule has 0 aromatic carbocycles. The highest BCUT2D eigenvalue weighted by molar-refractivity contribution is 5.76. The van der Waals surface area contributed by atoms with E-state index in [9.17, 15) is 19.8 Å². The lowest BCUT2D eigenvalue weighted by Crippen LogP contribution is -2.45. The monoisotopic (exact) mass is 1360 g/mol. The third-order valence-corrected chi connectivity index (χ3v) is 21.2. The molecule has 0 saturated heterocycles. The van der Waals surface area contributed by atoms with Crippen molar-refractivity contribution >= 4 is 11.9 Å². The normalized spacial score (nSPS) is 12.6. The highest BCUT2D eigenvalue weighted by atomic mass is 16.5. The zero-order valence-corrected chi connectivity index (χ0v) is 66.1. The van der Waals surface area contributed by atoms with Crippen molar-refractivity contribution in [2.75, 3.05) is 13.2 Å². The van der Waals surface area contributed by atoms with Crippen LogP contribution in [-0.4, -0.2) is 47.4 Å². The van der Waals surface area contributed by atoms with Crippen LogP contribution in [0.25, 0.3) is 0 Å². The van der Waals surface area contributed by atoms with E-state index in [0.29, 0.717) is 19.4 Å². The Morgan fingerprint density at radius 3 is 0.804 bits per heavy atom. The van der Waals surface area contributed by atoms with Crippen molar-refractivity contribution in [2.24, 2.45) is 0 Å². The fourth-order valence-corrected chi connectivity index (χ4v) is 14.4. The van der Waals surface area contributed by atoms with E-state index in [2.05, 4.69) is 43.5 Å². The molecule has 574 valence electrons. The van der Waals surface area contributed by atoms with Crippen LogP contribution >= 0.6 is 0 Å². The maximum atomic E-state index is 12.6. The molecular formula is C91H175NO5. The fraction of sp³-hybridized carbons (Fsp3) is 0.912. The van der Waals surface area contributed by atoms with E-state index in [4.69, 9.17) is 4.74 Å². The molecule has 2 unspecified atom stereocenters. The van der Waals surface area contributed by atoms with Crippen molar-refractivity contribution < 1.29 is 24.5 Å². The number of ether oxygens (including phenoxy) is 1. The molecule has 0 aliphatic heterocycles. The van der Waals surface area contributed by atoms with E-state index in [-0.39, 0.29) is 18.5 Å². The summed E-state index contributed by atoms with van der Waals surface area (Å²) in [5.74, 6) is -0.0354. The van der Waals surface area contributed by atoms with Gasteiger partial charge >= 0.3 is 5.97 Å². The number of carbonyl (C=O) groups is 2. The maximum Gasteiger partial charge on any atom is 0.305 e. The number of allylic oxidation sites excluding steroid dienone is 5. The molecule has 0 heterocycles. The second-order valence-corrected chi connectivity index (χ2v) is 30.9. The van der Waals surface area contributed by atoms with Crippen LogP contribution in [0.4, 0.5) is 0 Å². The van der Waals surface area contributed by atoms with Gasteiger partial charge in [-0.05, 0) is 64.2 Å². The summed E-state index contributed by atoms with van der Waals surface area (Å²) < 4.78 is 5.52. The number of rotatable bonds is 85. The Hall–Kier alpha value is -1.92. The van der Waals surface area contributed by atoms with Crippen LogP contribution in [0.3, 0.4) is 0 Å². The molecule has 0 bridgehead atoms. The molecule has 1 amide bonds. The van der Waals surface area contributed by atoms with E-state index in [1.807, 2.05) is 6.08 Å². The van der Waals surface area contributed by atoms with Gasteiger partial charge in [-0.15, -0.1) is 0 Å². The summed E-state index contributed by atoms with van der Waals surface area (Å²) in [5, 5.41) is 23.3. The zero-order chi connectivity index (χ0) is 69.8. The summed E-state index contributed by atoms with van der Waals surface area (Å²) in [5.41, 5.74) is 0. The second kappa shape index (κ2) is 86.5. The van der Waals surface area contributed by atoms with Crippen LogP contribution in [-0.2, 0) is 14.3 Å². The first-order valence-electron chi connectivity index (χ1n) is 44.8. The van der Waals surface area contributed by atoms with Crippen LogP contribution in [0.2, 0.25) is 0 Å². The van der Waals surface area contributed by atoms with Crippen LogP contribution < -0.4 is 5.32 Å². The first-order chi connectivity index (χ1) is 48.0. The van der Waals surface area contributed by atoms with Gasteiger partial charge in [-0.2, -0.15) is 0 Å². The third-order valence-electron chi connectivity index (χ3n) is 21.2. The van der Waals surface area contributed by atoms with Crippen LogP contribution in [0.1, 0.15) is 508 Å². The summed E-state index contributed by atoms with van der Waals surface area (Å²) in [4.78, 5) is 24.7. The molecule has 0 aromatic heterocycles. The Kier molecular flexibility index (Phi) is 84.8. The molecule has 0 spiro atoms. The lowest BCUT2D eigenvalue weighted by Gasteiger charge is -2.20.